The Kier molecular flexibility index (Phi) is 6.68. The van der Waals surface area contributed by atoms with E-state index in [1.165, 1.54) is 0 Å². The molecule has 0 saturated carbocycles. The number of halogens is 2. The van der Waals surface area contributed by atoms with Crippen LogP contribution < -0.4 is 18.9 Å². The molecule has 23 heavy (non-hydrogen) atoms. The molecule has 0 aromatic heterocycles. The number of benzene rings is 2. The summed E-state index contributed by atoms with van der Waals surface area (Å²) in [5.74, 6) is 2.40. The standard InChI is InChI=1S/C17H18Cl2O4/c1-20-14-8-4-9-15(21-2)17(14)23-11-5-10-22-13-7-3-6-12(18)16(13)19/h3-4,6-9H,5,10-11H2,1-2H3. The van der Waals surface area contributed by atoms with Crippen molar-refractivity contribution in [3.8, 4) is 23.0 Å². The largest absolute Gasteiger partial charge is 0.493 e. The summed E-state index contributed by atoms with van der Waals surface area (Å²) in [4.78, 5) is 0. The van der Waals surface area contributed by atoms with Gasteiger partial charge in [0.05, 0.1) is 32.5 Å². The van der Waals surface area contributed by atoms with Crippen LogP contribution in [0.4, 0.5) is 0 Å². The van der Waals surface area contributed by atoms with Crippen LogP contribution >= 0.6 is 23.2 Å². The molecule has 0 fully saturated rings. The third-order valence-corrected chi connectivity index (χ3v) is 3.89. The van der Waals surface area contributed by atoms with Gasteiger partial charge in [-0.05, 0) is 24.3 Å². The third kappa shape index (κ3) is 4.60. The van der Waals surface area contributed by atoms with E-state index in [1.54, 1.807) is 32.4 Å². The van der Waals surface area contributed by atoms with Crippen LogP contribution in [0.3, 0.4) is 0 Å². The van der Waals surface area contributed by atoms with Crippen LogP contribution in [0.1, 0.15) is 6.42 Å². The fourth-order valence-corrected chi connectivity index (χ4v) is 2.32. The number of ether oxygens (including phenoxy) is 4. The fourth-order valence-electron chi connectivity index (χ4n) is 1.97. The Bertz CT molecular complexity index is 624. The highest BCUT2D eigenvalue weighted by molar-refractivity contribution is 6.42. The number of rotatable bonds is 8. The molecule has 0 heterocycles. The lowest BCUT2D eigenvalue weighted by molar-refractivity contribution is 0.232. The second-order valence-corrected chi connectivity index (χ2v) is 5.38. The van der Waals surface area contributed by atoms with Crippen molar-refractivity contribution in [1.82, 2.24) is 0 Å². The molecule has 0 aliphatic heterocycles. The van der Waals surface area contributed by atoms with Crippen molar-refractivity contribution in [3.63, 3.8) is 0 Å². The maximum Gasteiger partial charge on any atom is 0.203 e. The normalized spacial score (nSPS) is 10.3. The van der Waals surface area contributed by atoms with Gasteiger partial charge in [-0.1, -0.05) is 35.3 Å². The van der Waals surface area contributed by atoms with Gasteiger partial charge >= 0.3 is 0 Å². The van der Waals surface area contributed by atoms with E-state index in [1.807, 2.05) is 18.2 Å². The average molecular weight is 357 g/mol. The van der Waals surface area contributed by atoms with E-state index >= 15 is 0 Å². The molecule has 0 aliphatic rings. The van der Waals surface area contributed by atoms with Gasteiger partial charge in [0.2, 0.25) is 5.75 Å². The lowest BCUT2D eigenvalue weighted by atomic mass is 10.3. The molecule has 124 valence electrons. The molecular weight excluding hydrogens is 339 g/mol. The fraction of sp³-hybridized carbons (Fsp3) is 0.294. The van der Waals surface area contributed by atoms with Gasteiger partial charge in [-0.2, -0.15) is 0 Å². The van der Waals surface area contributed by atoms with Gasteiger partial charge in [0.1, 0.15) is 10.8 Å². The van der Waals surface area contributed by atoms with Crippen LogP contribution in [0.25, 0.3) is 0 Å². The van der Waals surface area contributed by atoms with Gasteiger partial charge in [-0.3, -0.25) is 0 Å². The maximum absolute atomic E-state index is 6.06. The van der Waals surface area contributed by atoms with Gasteiger partial charge in [0.25, 0.3) is 0 Å². The summed E-state index contributed by atoms with van der Waals surface area (Å²) in [5.41, 5.74) is 0. The lowest BCUT2D eigenvalue weighted by Crippen LogP contribution is -2.06. The molecule has 6 heteroatoms. The van der Waals surface area contributed by atoms with Crippen molar-refractivity contribution in [1.29, 1.82) is 0 Å². The number of hydrogen-bond acceptors (Lipinski definition) is 4. The van der Waals surface area contributed by atoms with Gasteiger partial charge in [-0.25, -0.2) is 0 Å². The van der Waals surface area contributed by atoms with E-state index < -0.39 is 0 Å². The molecule has 0 spiro atoms. The van der Waals surface area contributed by atoms with Crippen molar-refractivity contribution in [2.75, 3.05) is 27.4 Å². The number of methoxy groups -OCH3 is 2. The first-order valence-corrected chi connectivity index (χ1v) is 7.83. The van der Waals surface area contributed by atoms with Crippen LogP contribution in [-0.2, 0) is 0 Å². The monoisotopic (exact) mass is 356 g/mol. The Morgan fingerprint density at radius 3 is 2.00 bits per heavy atom. The molecule has 0 radical (unpaired) electrons. The first-order chi connectivity index (χ1) is 11.2. The summed E-state index contributed by atoms with van der Waals surface area (Å²) in [6.07, 6.45) is 0.671. The Morgan fingerprint density at radius 1 is 0.783 bits per heavy atom. The summed E-state index contributed by atoms with van der Waals surface area (Å²) in [5, 5.41) is 0.889. The Balaban J connectivity index is 1.85. The minimum atomic E-state index is 0.418. The Hall–Kier alpha value is -1.78. The van der Waals surface area contributed by atoms with E-state index in [4.69, 9.17) is 42.1 Å². The molecule has 0 N–H and O–H groups in total. The Morgan fingerprint density at radius 2 is 1.35 bits per heavy atom. The van der Waals surface area contributed by atoms with Crippen LogP contribution in [-0.4, -0.2) is 27.4 Å². The van der Waals surface area contributed by atoms with Gasteiger partial charge in [0, 0.05) is 6.42 Å². The highest BCUT2D eigenvalue weighted by Gasteiger charge is 2.11. The first kappa shape index (κ1) is 17.6. The zero-order chi connectivity index (χ0) is 16.7. The molecule has 0 unspecified atom stereocenters. The van der Waals surface area contributed by atoms with E-state index in [-0.39, 0.29) is 0 Å². The minimum absolute atomic E-state index is 0.418. The molecular formula is C17H18Cl2O4. The summed E-state index contributed by atoms with van der Waals surface area (Å²) in [7, 11) is 3.18. The molecule has 2 rings (SSSR count). The lowest BCUT2D eigenvalue weighted by Gasteiger charge is -2.14. The molecule has 0 aliphatic carbocycles. The number of hydrogen-bond donors (Lipinski definition) is 0. The quantitative estimate of drug-likeness (QED) is 0.633. The van der Waals surface area contributed by atoms with Crippen LogP contribution in [0.15, 0.2) is 36.4 Å². The predicted octanol–water partition coefficient (Wildman–Crippen LogP) is 4.86. The van der Waals surface area contributed by atoms with Crippen LogP contribution in [0.5, 0.6) is 23.0 Å². The maximum atomic E-state index is 6.06. The number of para-hydroxylation sites is 1. The topological polar surface area (TPSA) is 36.9 Å². The summed E-state index contributed by atoms with van der Waals surface area (Å²) in [6, 6.07) is 10.8. The summed E-state index contributed by atoms with van der Waals surface area (Å²) in [6.45, 7) is 0.909. The van der Waals surface area contributed by atoms with Crippen LogP contribution in [0.2, 0.25) is 10.0 Å². The molecule has 2 aromatic rings. The van der Waals surface area contributed by atoms with Crippen LogP contribution in [0, 0.1) is 0 Å². The van der Waals surface area contributed by atoms with Crippen molar-refractivity contribution in [2.24, 2.45) is 0 Å². The smallest absolute Gasteiger partial charge is 0.203 e. The van der Waals surface area contributed by atoms with E-state index in [9.17, 15) is 0 Å². The SMILES string of the molecule is COc1cccc(OC)c1OCCCOc1cccc(Cl)c1Cl. The highest BCUT2D eigenvalue weighted by atomic mass is 35.5. The first-order valence-electron chi connectivity index (χ1n) is 7.08. The Labute approximate surface area is 145 Å². The van der Waals surface area contributed by atoms with Crippen molar-refractivity contribution in [3.05, 3.63) is 46.4 Å². The predicted molar refractivity (Wildman–Crippen MR) is 91.6 cm³/mol. The van der Waals surface area contributed by atoms with E-state index in [2.05, 4.69) is 0 Å². The van der Waals surface area contributed by atoms with Crippen molar-refractivity contribution >= 4 is 23.2 Å². The summed E-state index contributed by atoms with van der Waals surface area (Å²) < 4.78 is 21.9. The van der Waals surface area contributed by atoms with Gasteiger partial charge < -0.3 is 18.9 Å². The zero-order valence-corrected chi connectivity index (χ0v) is 14.5. The molecule has 0 bridgehead atoms. The minimum Gasteiger partial charge on any atom is -0.493 e. The summed E-state index contributed by atoms with van der Waals surface area (Å²) >= 11 is 12.0. The molecule has 0 atom stereocenters. The van der Waals surface area contributed by atoms with E-state index in [0.29, 0.717) is 52.7 Å². The average Bonchev–Trinajstić information content (AvgIpc) is 2.58. The van der Waals surface area contributed by atoms with Gasteiger partial charge in [-0.15, -0.1) is 0 Å². The van der Waals surface area contributed by atoms with Gasteiger partial charge in [0.15, 0.2) is 11.5 Å². The second kappa shape index (κ2) is 8.75. The molecule has 4 nitrogen and oxygen atoms in total. The highest BCUT2D eigenvalue weighted by Crippen LogP contribution is 2.36. The molecule has 2 aromatic carbocycles. The van der Waals surface area contributed by atoms with E-state index in [0.717, 1.165) is 0 Å². The zero-order valence-electron chi connectivity index (χ0n) is 13.0. The third-order valence-electron chi connectivity index (χ3n) is 3.09. The molecule has 0 saturated heterocycles. The molecule has 0 amide bonds. The van der Waals surface area contributed by atoms with Crippen molar-refractivity contribution in [2.45, 2.75) is 6.42 Å². The second-order valence-electron chi connectivity index (χ2n) is 4.59. The van der Waals surface area contributed by atoms with Crippen molar-refractivity contribution < 1.29 is 18.9 Å².